The molecule has 0 aromatic heterocycles. The number of ether oxygens (including phenoxy) is 3. The number of carbonyl (C=O) groups is 4. The number of cyclic esters (lactones) is 1. The van der Waals surface area contributed by atoms with E-state index in [1.165, 1.54) is 13.2 Å². The summed E-state index contributed by atoms with van der Waals surface area (Å²) in [5, 5.41) is 8.83. The highest BCUT2D eigenvalue weighted by Gasteiger charge is 2.47. The average Bonchev–Trinajstić information content (AvgIpc) is 3.87. The highest BCUT2D eigenvalue weighted by Crippen LogP contribution is 2.45. The molecule has 4 rings (SSSR count). The van der Waals surface area contributed by atoms with Crippen LogP contribution in [0.15, 0.2) is 73.3 Å². The zero-order valence-corrected chi connectivity index (χ0v) is 29.5. The van der Waals surface area contributed by atoms with Gasteiger partial charge in [0.05, 0.1) is 23.7 Å². The molecule has 2 aromatic carbocycles. The highest BCUT2D eigenvalue weighted by atomic mass is 35.5. The molecule has 49 heavy (non-hydrogen) atoms. The van der Waals surface area contributed by atoms with Crippen molar-refractivity contribution in [1.82, 2.24) is 20.9 Å². The number of nitrogens with one attached hydrogen (secondary N) is 3. The Kier molecular flexibility index (Phi) is 13.0. The van der Waals surface area contributed by atoms with Crippen molar-refractivity contribution in [3.63, 3.8) is 0 Å². The Bertz CT molecular complexity index is 1530. The van der Waals surface area contributed by atoms with Crippen LogP contribution in [-0.4, -0.2) is 86.7 Å². The lowest BCUT2D eigenvalue weighted by Crippen LogP contribution is -2.56. The van der Waals surface area contributed by atoms with Gasteiger partial charge in [0.25, 0.3) is 0 Å². The molecule has 3 N–H and O–H groups in total. The van der Waals surface area contributed by atoms with Crippen LogP contribution in [-0.2, 0) is 35.1 Å². The average molecular weight is 695 g/mol. The number of likely N-dealkylation sites (N-methyl/N-ethyl adjacent to an activating group) is 1. The van der Waals surface area contributed by atoms with Crippen LogP contribution in [0.3, 0.4) is 0 Å². The van der Waals surface area contributed by atoms with Crippen LogP contribution in [0.1, 0.15) is 44.4 Å². The Morgan fingerprint density at radius 1 is 1.10 bits per heavy atom. The summed E-state index contributed by atoms with van der Waals surface area (Å²) in [4.78, 5) is 56.0. The van der Waals surface area contributed by atoms with Crippen LogP contribution >= 0.6 is 11.6 Å². The summed E-state index contributed by atoms with van der Waals surface area (Å²) in [6.45, 7) is 9.63. The van der Waals surface area contributed by atoms with Gasteiger partial charge in [-0.3, -0.25) is 14.4 Å². The Balaban J connectivity index is 1.62. The van der Waals surface area contributed by atoms with E-state index in [2.05, 4.69) is 22.5 Å². The van der Waals surface area contributed by atoms with Crippen molar-refractivity contribution < 1.29 is 33.4 Å². The predicted molar refractivity (Wildman–Crippen MR) is 187 cm³/mol. The smallest absolute Gasteiger partial charge is 0.330 e. The third-order valence-electron chi connectivity index (χ3n) is 8.80. The summed E-state index contributed by atoms with van der Waals surface area (Å²) in [5.41, 5.74) is 0.596. The fraction of sp³-hybridized carbons (Fsp3) is 0.459. The number of hydrogen-bond donors (Lipinski definition) is 3. The number of rotatable bonds is 10. The summed E-state index contributed by atoms with van der Waals surface area (Å²) in [6, 6.07) is 12.9. The van der Waals surface area contributed by atoms with E-state index in [1.54, 1.807) is 44.2 Å². The first-order valence-electron chi connectivity index (χ1n) is 16.4. The molecule has 0 unspecified atom stereocenters. The third kappa shape index (κ3) is 10.4. The predicted octanol–water partition coefficient (Wildman–Crippen LogP) is 3.77. The van der Waals surface area contributed by atoms with E-state index in [0.717, 1.165) is 5.56 Å². The maximum atomic E-state index is 13.8. The van der Waals surface area contributed by atoms with Crippen LogP contribution < -0.4 is 20.7 Å². The van der Waals surface area contributed by atoms with E-state index in [9.17, 15) is 19.2 Å². The van der Waals surface area contributed by atoms with Gasteiger partial charge < -0.3 is 35.1 Å². The highest BCUT2D eigenvalue weighted by molar-refractivity contribution is 6.32. The normalized spacial score (nSPS) is 26.1. The van der Waals surface area contributed by atoms with Gasteiger partial charge in [-0.1, -0.05) is 67.1 Å². The standard InChI is InChI=1S/C37H47ClN4O7/c1-7-18-42(5)21-28-35(45)48-29(23(2)32-33(49-32)25-12-9-8-10-13-25)14-11-15-31(43)40-27(20-24-16-17-30(47-6)26(38)19-24)34(44)39-22-37(3,4)36(46)41-28/h7-13,15-17,19,23,27-29,32-33H,1,14,18,20-22H2,2-6H3,(H,39,44)(H,40,43)(H,41,46)/b15-11+/t23-,27+,28-,29-,32+,33+/m0/s1. The van der Waals surface area contributed by atoms with Crippen LogP contribution in [0.5, 0.6) is 5.75 Å². The Labute approximate surface area is 293 Å². The minimum Gasteiger partial charge on any atom is -0.495 e. The number of methoxy groups -OCH3 is 1. The van der Waals surface area contributed by atoms with Crippen LogP contribution in [0.2, 0.25) is 5.02 Å². The Morgan fingerprint density at radius 2 is 1.84 bits per heavy atom. The second-order valence-electron chi connectivity index (χ2n) is 13.3. The van der Waals surface area contributed by atoms with E-state index in [0.29, 0.717) is 22.9 Å². The summed E-state index contributed by atoms with van der Waals surface area (Å²) in [7, 11) is 3.32. The van der Waals surface area contributed by atoms with Gasteiger partial charge in [0.15, 0.2) is 0 Å². The number of nitrogens with zero attached hydrogens (tertiary/aromatic N) is 1. The van der Waals surface area contributed by atoms with E-state index in [1.807, 2.05) is 49.2 Å². The number of amides is 3. The van der Waals surface area contributed by atoms with Crippen molar-refractivity contribution in [2.24, 2.45) is 11.3 Å². The molecule has 0 bridgehead atoms. The van der Waals surface area contributed by atoms with Gasteiger partial charge in [-0.2, -0.15) is 0 Å². The number of carbonyl (C=O) groups excluding carboxylic acids is 4. The summed E-state index contributed by atoms with van der Waals surface area (Å²) in [5.74, 6) is -1.81. The largest absolute Gasteiger partial charge is 0.495 e. The lowest BCUT2D eigenvalue weighted by molar-refractivity contribution is -0.157. The van der Waals surface area contributed by atoms with Gasteiger partial charge >= 0.3 is 5.97 Å². The maximum absolute atomic E-state index is 13.8. The molecule has 6 atom stereocenters. The second kappa shape index (κ2) is 17.0. The van der Waals surface area contributed by atoms with Gasteiger partial charge in [0.1, 0.15) is 30.0 Å². The summed E-state index contributed by atoms with van der Waals surface area (Å²) >= 11 is 6.33. The lowest BCUT2D eigenvalue weighted by Gasteiger charge is -2.31. The van der Waals surface area contributed by atoms with Crippen molar-refractivity contribution in [3.05, 3.63) is 89.5 Å². The summed E-state index contributed by atoms with van der Waals surface area (Å²) < 4.78 is 17.4. The van der Waals surface area contributed by atoms with Crippen molar-refractivity contribution in [3.8, 4) is 5.75 Å². The van der Waals surface area contributed by atoms with E-state index >= 15 is 0 Å². The number of halogens is 1. The lowest BCUT2D eigenvalue weighted by atomic mass is 9.91. The van der Waals surface area contributed by atoms with Gasteiger partial charge in [-0.05, 0) is 50.2 Å². The molecule has 0 radical (unpaired) electrons. The monoisotopic (exact) mass is 694 g/mol. The molecular formula is C37H47ClN4O7. The summed E-state index contributed by atoms with van der Waals surface area (Å²) in [6.07, 6.45) is 3.95. The molecule has 3 amide bonds. The number of esters is 1. The third-order valence-corrected chi connectivity index (χ3v) is 9.09. The molecule has 12 heteroatoms. The topological polar surface area (TPSA) is 139 Å². The zero-order valence-electron chi connectivity index (χ0n) is 28.7. The molecule has 2 aliphatic heterocycles. The molecule has 264 valence electrons. The quantitative estimate of drug-likeness (QED) is 0.194. The van der Waals surface area contributed by atoms with Crippen LogP contribution in [0.25, 0.3) is 0 Å². The van der Waals surface area contributed by atoms with Crippen LogP contribution in [0, 0.1) is 11.3 Å². The first-order valence-corrected chi connectivity index (χ1v) is 16.8. The molecule has 0 aliphatic carbocycles. The molecule has 1 fully saturated rings. The molecular weight excluding hydrogens is 648 g/mol. The van der Waals surface area contributed by atoms with Crippen molar-refractivity contribution in [1.29, 1.82) is 0 Å². The van der Waals surface area contributed by atoms with Crippen molar-refractivity contribution in [2.75, 3.05) is 33.8 Å². The fourth-order valence-corrected chi connectivity index (χ4v) is 5.99. The van der Waals surface area contributed by atoms with Gasteiger partial charge in [-0.15, -0.1) is 6.58 Å². The maximum Gasteiger partial charge on any atom is 0.330 e. The first-order chi connectivity index (χ1) is 23.3. The van der Waals surface area contributed by atoms with E-state index in [-0.39, 0.29) is 44.1 Å². The molecule has 0 spiro atoms. The van der Waals surface area contributed by atoms with Crippen LogP contribution in [0.4, 0.5) is 0 Å². The van der Waals surface area contributed by atoms with E-state index in [4.69, 9.17) is 25.8 Å². The molecule has 2 heterocycles. The Morgan fingerprint density at radius 3 is 2.51 bits per heavy atom. The fourth-order valence-electron chi connectivity index (χ4n) is 5.71. The molecule has 2 aromatic rings. The van der Waals surface area contributed by atoms with Gasteiger partial charge in [0, 0.05) is 38.4 Å². The molecule has 11 nitrogen and oxygen atoms in total. The van der Waals surface area contributed by atoms with Crippen molar-refractivity contribution >= 4 is 35.3 Å². The molecule has 0 saturated carbocycles. The van der Waals surface area contributed by atoms with Gasteiger partial charge in [-0.25, -0.2) is 4.79 Å². The van der Waals surface area contributed by atoms with E-state index < -0.39 is 47.3 Å². The minimum atomic E-state index is -1.13. The number of hydrogen-bond acceptors (Lipinski definition) is 8. The molecule has 1 saturated heterocycles. The number of epoxide rings is 1. The molecule has 2 aliphatic rings. The second-order valence-corrected chi connectivity index (χ2v) is 13.7. The Hall–Kier alpha value is -4.19. The number of benzene rings is 2. The van der Waals surface area contributed by atoms with Crippen molar-refractivity contribution in [2.45, 2.75) is 64.0 Å². The van der Waals surface area contributed by atoms with Gasteiger partial charge in [0.2, 0.25) is 17.7 Å². The SMILES string of the molecule is C=CCN(C)C[C@@H]1NC(=O)C(C)(C)CNC(=O)[C@@H](Cc2ccc(OC)c(Cl)c2)NC(=O)/C=C/C[C@@H]([C@H](C)[C@H]2O[C@@H]2c2ccccc2)OC1=O. The first kappa shape index (κ1) is 37.6. The minimum absolute atomic E-state index is 0.0624. The zero-order chi connectivity index (χ0) is 35.7.